The lowest BCUT2D eigenvalue weighted by Gasteiger charge is -2.29. The highest BCUT2D eigenvalue weighted by atomic mass is 16.5. The molecule has 1 aromatic rings. The maximum atomic E-state index is 11.7. The number of esters is 1. The summed E-state index contributed by atoms with van der Waals surface area (Å²) in [5.74, 6) is 0.374. The number of ether oxygens (including phenoxy) is 1. The molecule has 1 aliphatic heterocycles. The molecule has 100 valence electrons. The van der Waals surface area contributed by atoms with Crippen LogP contribution >= 0.6 is 0 Å². The van der Waals surface area contributed by atoms with Crippen LogP contribution in [0.25, 0.3) is 0 Å². The Morgan fingerprint density at radius 3 is 2.94 bits per heavy atom. The highest BCUT2D eigenvalue weighted by Gasteiger charge is 2.21. The molecule has 0 unspecified atom stereocenters. The van der Waals surface area contributed by atoms with Crippen molar-refractivity contribution in [2.24, 2.45) is 5.73 Å². The van der Waals surface area contributed by atoms with Crippen LogP contribution in [-0.2, 0) is 11.3 Å². The van der Waals surface area contributed by atoms with Gasteiger partial charge in [0.15, 0.2) is 0 Å². The van der Waals surface area contributed by atoms with Gasteiger partial charge < -0.3 is 14.9 Å². The van der Waals surface area contributed by atoms with Crippen LogP contribution < -0.4 is 5.73 Å². The first kappa shape index (κ1) is 13.1. The monoisotopic (exact) mass is 252 g/mol. The molecule has 5 nitrogen and oxygen atoms in total. The van der Waals surface area contributed by atoms with Gasteiger partial charge >= 0.3 is 5.97 Å². The summed E-state index contributed by atoms with van der Waals surface area (Å²) in [6.07, 6.45) is 3.53. The van der Waals surface area contributed by atoms with Crippen molar-refractivity contribution in [3.8, 4) is 0 Å². The minimum absolute atomic E-state index is 0.308. The van der Waals surface area contributed by atoms with Crippen molar-refractivity contribution in [1.29, 1.82) is 0 Å². The van der Waals surface area contributed by atoms with Crippen molar-refractivity contribution in [2.75, 3.05) is 19.7 Å². The highest BCUT2D eigenvalue weighted by Crippen LogP contribution is 2.17. The summed E-state index contributed by atoms with van der Waals surface area (Å²) < 4.78 is 10.4. The molecule has 2 heterocycles. The zero-order chi connectivity index (χ0) is 13.0. The van der Waals surface area contributed by atoms with Crippen molar-refractivity contribution >= 4 is 5.97 Å². The number of likely N-dealkylation sites (tertiary alicyclic amines) is 1. The molecule has 0 aliphatic carbocycles. The molecule has 0 bridgehead atoms. The van der Waals surface area contributed by atoms with Gasteiger partial charge in [-0.25, -0.2) is 4.79 Å². The molecule has 5 heteroatoms. The summed E-state index contributed by atoms with van der Waals surface area (Å²) in [5, 5.41) is 0. The van der Waals surface area contributed by atoms with Crippen molar-refractivity contribution in [3.05, 3.63) is 23.7 Å². The number of hydrogen-bond donors (Lipinski definition) is 1. The van der Waals surface area contributed by atoms with Crippen LogP contribution in [0.4, 0.5) is 0 Å². The largest absolute Gasteiger partial charge is 0.467 e. The van der Waals surface area contributed by atoms with Gasteiger partial charge in [0.1, 0.15) is 11.3 Å². The number of furan rings is 1. The van der Waals surface area contributed by atoms with Gasteiger partial charge in [0.25, 0.3) is 0 Å². The van der Waals surface area contributed by atoms with Gasteiger partial charge in [-0.05, 0) is 25.8 Å². The molecule has 2 rings (SSSR count). The molecular formula is C13H20N2O3. The zero-order valence-electron chi connectivity index (χ0n) is 10.7. The van der Waals surface area contributed by atoms with E-state index in [1.807, 2.05) is 0 Å². The quantitative estimate of drug-likeness (QED) is 0.820. The number of carbonyl (C=O) groups excluding carboxylic acids is 1. The van der Waals surface area contributed by atoms with E-state index in [0.717, 1.165) is 25.9 Å². The minimum atomic E-state index is -0.310. The van der Waals surface area contributed by atoms with E-state index in [-0.39, 0.29) is 5.97 Å². The maximum Gasteiger partial charge on any atom is 0.341 e. The Labute approximate surface area is 107 Å². The Bertz CT molecular complexity index is 395. The first-order valence-electron chi connectivity index (χ1n) is 6.42. The molecule has 1 aliphatic rings. The van der Waals surface area contributed by atoms with E-state index in [2.05, 4.69) is 4.90 Å². The molecule has 1 saturated heterocycles. The van der Waals surface area contributed by atoms with Gasteiger partial charge in [-0.3, -0.25) is 4.90 Å². The fourth-order valence-electron chi connectivity index (χ4n) is 2.17. The summed E-state index contributed by atoms with van der Waals surface area (Å²) in [6.45, 7) is 4.72. The van der Waals surface area contributed by atoms with Gasteiger partial charge in [-0.15, -0.1) is 0 Å². The third-order valence-corrected chi connectivity index (χ3v) is 3.24. The lowest BCUT2D eigenvalue weighted by atomic mass is 10.1. The van der Waals surface area contributed by atoms with E-state index in [4.69, 9.17) is 14.9 Å². The predicted molar refractivity (Wildman–Crippen MR) is 67.2 cm³/mol. The summed E-state index contributed by atoms with van der Waals surface area (Å²) in [4.78, 5) is 14.0. The Hall–Kier alpha value is -1.33. The van der Waals surface area contributed by atoms with E-state index in [1.165, 1.54) is 6.26 Å². The van der Waals surface area contributed by atoms with E-state index in [9.17, 15) is 4.79 Å². The van der Waals surface area contributed by atoms with Gasteiger partial charge in [0.05, 0.1) is 19.4 Å². The number of hydrogen-bond acceptors (Lipinski definition) is 5. The second-order valence-electron chi connectivity index (χ2n) is 4.59. The van der Waals surface area contributed by atoms with Gasteiger partial charge in [0, 0.05) is 19.1 Å². The van der Waals surface area contributed by atoms with Crippen molar-refractivity contribution in [1.82, 2.24) is 4.90 Å². The van der Waals surface area contributed by atoms with E-state index in [1.54, 1.807) is 13.0 Å². The van der Waals surface area contributed by atoms with E-state index in [0.29, 0.717) is 30.5 Å². The van der Waals surface area contributed by atoms with Crippen LogP contribution in [0.5, 0.6) is 0 Å². The number of piperidine rings is 1. The Balaban J connectivity index is 1.97. The normalized spacial score (nSPS) is 17.9. The van der Waals surface area contributed by atoms with Gasteiger partial charge in [-0.1, -0.05) is 0 Å². The Morgan fingerprint density at radius 1 is 1.56 bits per heavy atom. The molecule has 2 N–H and O–H groups in total. The fourth-order valence-corrected chi connectivity index (χ4v) is 2.17. The number of nitrogens with two attached hydrogens (primary N) is 1. The molecule has 0 spiro atoms. The van der Waals surface area contributed by atoms with Crippen LogP contribution in [0.15, 0.2) is 16.7 Å². The smallest absolute Gasteiger partial charge is 0.341 e. The van der Waals surface area contributed by atoms with Crippen LogP contribution in [0.1, 0.15) is 35.9 Å². The van der Waals surface area contributed by atoms with Crippen LogP contribution in [-0.4, -0.2) is 36.6 Å². The Morgan fingerprint density at radius 2 is 2.28 bits per heavy atom. The Kier molecular flexibility index (Phi) is 4.38. The summed E-state index contributed by atoms with van der Waals surface area (Å²) in [6, 6.07) is 1.98. The standard InChI is InChI=1S/C13H20N2O3/c1-2-17-13(16)11-5-8-18-12(11)9-15-6-3-10(14)4-7-15/h5,8,10H,2-4,6-7,9,14H2,1H3. The number of nitrogens with zero attached hydrogens (tertiary/aromatic N) is 1. The molecule has 0 saturated carbocycles. The fraction of sp³-hybridized carbons (Fsp3) is 0.615. The van der Waals surface area contributed by atoms with E-state index >= 15 is 0 Å². The van der Waals surface area contributed by atoms with Gasteiger partial charge in [-0.2, -0.15) is 0 Å². The SMILES string of the molecule is CCOC(=O)c1ccoc1CN1CCC(N)CC1. The third-order valence-electron chi connectivity index (χ3n) is 3.24. The number of carbonyl (C=O) groups is 1. The molecule has 0 radical (unpaired) electrons. The molecule has 0 aromatic carbocycles. The van der Waals surface area contributed by atoms with Crippen LogP contribution in [0.2, 0.25) is 0 Å². The second kappa shape index (κ2) is 6.02. The second-order valence-corrected chi connectivity index (χ2v) is 4.59. The number of rotatable bonds is 4. The van der Waals surface area contributed by atoms with Crippen LogP contribution in [0, 0.1) is 0 Å². The minimum Gasteiger partial charge on any atom is -0.467 e. The predicted octanol–water partition coefficient (Wildman–Crippen LogP) is 1.38. The lowest BCUT2D eigenvalue weighted by molar-refractivity contribution is 0.0521. The summed E-state index contributed by atoms with van der Waals surface area (Å²) in [5.41, 5.74) is 6.40. The average Bonchev–Trinajstić information content (AvgIpc) is 2.81. The van der Waals surface area contributed by atoms with Crippen molar-refractivity contribution < 1.29 is 13.9 Å². The zero-order valence-corrected chi connectivity index (χ0v) is 10.7. The first-order valence-corrected chi connectivity index (χ1v) is 6.42. The van der Waals surface area contributed by atoms with Crippen LogP contribution in [0.3, 0.4) is 0 Å². The summed E-state index contributed by atoms with van der Waals surface area (Å²) >= 11 is 0. The van der Waals surface area contributed by atoms with Gasteiger partial charge in [0.2, 0.25) is 0 Å². The van der Waals surface area contributed by atoms with Crippen molar-refractivity contribution in [2.45, 2.75) is 32.4 Å². The van der Waals surface area contributed by atoms with Crippen molar-refractivity contribution in [3.63, 3.8) is 0 Å². The average molecular weight is 252 g/mol. The molecule has 0 amide bonds. The lowest BCUT2D eigenvalue weighted by Crippen LogP contribution is -2.39. The maximum absolute atomic E-state index is 11.7. The first-order chi connectivity index (χ1) is 8.70. The highest BCUT2D eigenvalue weighted by molar-refractivity contribution is 5.90. The summed E-state index contributed by atoms with van der Waals surface area (Å²) in [7, 11) is 0. The molecular weight excluding hydrogens is 232 g/mol. The molecule has 18 heavy (non-hydrogen) atoms. The van der Waals surface area contributed by atoms with E-state index < -0.39 is 0 Å². The third kappa shape index (κ3) is 3.11. The molecule has 1 aromatic heterocycles. The topological polar surface area (TPSA) is 68.7 Å². The molecule has 1 fully saturated rings. The molecule has 0 atom stereocenters.